The molecule has 0 aromatic heterocycles. The third-order valence-corrected chi connectivity index (χ3v) is 5.98. The number of nitrogens with two attached hydrogens (primary N) is 1. The van der Waals surface area contributed by atoms with Crippen LogP contribution in [0, 0.1) is 0 Å². The van der Waals surface area contributed by atoms with E-state index in [9.17, 15) is 4.79 Å². The molecule has 4 rings (SSSR count). The van der Waals surface area contributed by atoms with E-state index >= 15 is 0 Å². The van der Waals surface area contributed by atoms with Crippen molar-refractivity contribution >= 4 is 22.6 Å². The molecule has 4 N–H and O–H groups in total. The fourth-order valence-corrected chi connectivity index (χ4v) is 4.15. The molecule has 1 heterocycles. The zero-order valence-electron chi connectivity index (χ0n) is 18.9. The first-order valence-corrected chi connectivity index (χ1v) is 11.3. The number of oxime groups is 1. The van der Waals surface area contributed by atoms with Gasteiger partial charge < -0.3 is 25.7 Å². The van der Waals surface area contributed by atoms with Crippen molar-refractivity contribution in [2.75, 3.05) is 19.7 Å². The highest BCUT2D eigenvalue weighted by Crippen LogP contribution is 2.27. The number of ether oxygens (including phenoxy) is 2. The molecule has 1 aliphatic heterocycles. The SMILES string of the molecule is C=CCOC(=O)C(Cc1ccc2ccc(C(N)=NO)cc2c1)c1ccc(O[C@H]2CCNC2)cc1. The summed E-state index contributed by atoms with van der Waals surface area (Å²) in [5, 5.41) is 17.3. The van der Waals surface area contributed by atoms with Gasteiger partial charge in [-0.15, -0.1) is 0 Å². The Morgan fingerprint density at radius 2 is 1.97 bits per heavy atom. The van der Waals surface area contributed by atoms with E-state index < -0.39 is 5.92 Å². The molecule has 7 heteroatoms. The molecule has 34 heavy (non-hydrogen) atoms. The second-order valence-corrected chi connectivity index (χ2v) is 8.36. The van der Waals surface area contributed by atoms with Crippen molar-refractivity contribution in [1.29, 1.82) is 0 Å². The number of fused-ring (bicyclic) bond motifs is 1. The molecular formula is C27H29N3O4. The van der Waals surface area contributed by atoms with Crippen LogP contribution >= 0.6 is 0 Å². The number of carbonyl (C=O) groups is 1. The summed E-state index contributed by atoms with van der Waals surface area (Å²) in [6.45, 7) is 5.60. The molecule has 176 valence electrons. The van der Waals surface area contributed by atoms with Gasteiger partial charge in [-0.1, -0.05) is 60.3 Å². The van der Waals surface area contributed by atoms with E-state index in [-0.39, 0.29) is 24.5 Å². The van der Waals surface area contributed by atoms with Crippen LogP contribution in [0.3, 0.4) is 0 Å². The Labute approximate surface area is 198 Å². The Bertz CT molecular complexity index is 1180. The van der Waals surface area contributed by atoms with Crippen LogP contribution in [0.5, 0.6) is 5.75 Å². The summed E-state index contributed by atoms with van der Waals surface area (Å²) >= 11 is 0. The summed E-state index contributed by atoms with van der Waals surface area (Å²) in [6.07, 6.45) is 3.18. The topological polar surface area (TPSA) is 106 Å². The van der Waals surface area contributed by atoms with E-state index in [0.29, 0.717) is 12.0 Å². The van der Waals surface area contributed by atoms with Crippen molar-refractivity contribution in [1.82, 2.24) is 5.32 Å². The first kappa shape index (κ1) is 23.3. The van der Waals surface area contributed by atoms with Gasteiger partial charge in [0.05, 0.1) is 5.92 Å². The van der Waals surface area contributed by atoms with Gasteiger partial charge in [0.1, 0.15) is 18.5 Å². The number of hydrogen-bond donors (Lipinski definition) is 3. The van der Waals surface area contributed by atoms with E-state index in [4.69, 9.17) is 20.4 Å². The van der Waals surface area contributed by atoms with Crippen molar-refractivity contribution in [2.24, 2.45) is 10.9 Å². The highest BCUT2D eigenvalue weighted by molar-refractivity contribution is 6.00. The van der Waals surface area contributed by atoms with Gasteiger partial charge >= 0.3 is 5.97 Å². The number of carbonyl (C=O) groups excluding carboxylic acids is 1. The maximum atomic E-state index is 12.9. The lowest BCUT2D eigenvalue weighted by molar-refractivity contribution is -0.144. The van der Waals surface area contributed by atoms with Crippen molar-refractivity contribution in [2.45, 2.75) is 24.9 Å². The third kappa shape index (κ3) is 5.55. The molecule has 0 amide bonds. The van der Waals surface area contributed by atoms with Crippen LogP contribution in [0.2, 0.25) is 0 Å². The van der Waals surface area contributed by atoms with Crippen LogP contribution in [0.25, 0.3) is 10.8 Å². The van der Waals surface area contributed by atoms with Crippen LogP contribution in [-0.4, -0.2) is 42.8 Å². The lowest BCUT2D eigenvalue weighted by Gasteiger charge is -2.18. The van der Waals surface area contributed by atoms with Crippen molar-refractivity contribution < 1.29 is 19.5 Å². The van der Waals surface area contributed by atoms with Gasteiger partial charge in [0.15, 0.2) is 5.84 Å². The predicted octanol–water partition coefficient (Wildman–Crippen LogP) is 3.73. The van der Waals surface area contributed by atoms with Gasteiger partial charge in [-0.3, -0.25) is 4.79 Å². The van der Waals surface area contributed by atoms with Gasteiger partial charge in [0.2, 0.25) is 0 Å². The molecule has 3 aromatic carbocycles. The van der Waals surface area contributed by atoms with Crippen LogP contribution in [0.4, 0.5) is 0 Å². The van der Waals surface area contributed by atoms with E-state index in [1.165, 1.54) is 0 Å². The number of hydrogen-bond acceptors (Lipinski definition) is 6. The summed E-state index contributed by atoms with van der Waals surface area (Å²) in [4.78, 5) is 12.9. The molecular weight excluding hydrogens is 430 g/mol. The third-order valence-electron chi connectivity index (χ3n) is 5.98. The summed E-state index contributed by atoms with van der Waals surface area (Å²) in [5.41, 5.74) is 8.21. The molecule has 2 atom stereocenters. The zero-order chi connectivity index (χ0) is 23.9. The number of amidine groups is 1. The molecule has 1 fully saturated rings. The Morgan fingerprint density at radius 1 is 1.18 bits per heavy atom. The Kier molecular flexibility index (Phi) is 7.44. The second kappa shape index (κ2) is 10.9. The van der Waals surface area contributed by atoms with Gasteiger partial charge in [-0.05, 0) is 59.5 Å². The number of rotatable bonds is 9. The number of benzene rings is 3. The normalized spacial score (nSPS) is 16.8. The van der Waals surface area contributed by atoms with Crippen LogP contribution in [0.15, 0.2) is 78.5 Å². The molecule has 0 spiro atoms. The fraction of sp³-hybridized carbons (Fsp3) is 0.259. The minimum absolute atomic E-state index is 0.0499. The van der Waals surface area contributed by atoms with Crippen LogP contribution in [0.1, 0.15) is 29.0 Å². The number of nitrogens with one attached hydrogen (secondary N) is 1. The van der Waals surface area contributed by atoms with Crippen molar-refractivity contribution in [3.8, 4) is 5.75 Å². The molecule has 0 radical (unpaired) electrons. The fourth-order valence-electron chi connectivity index (χ4n) is 4.15. The van der Waals surface area contributed by atoms with Gasteiger partial charge in [0.25, 0.3) is 0 Å². The largest absolute Gasteiger partial charge is 0.489 e. The van der Waals surface area contributed by atoms with Gasteiger partial charge in [-0.25, -0.2) is 0 Å². The smallest absolute Gasteiger partial charge is 0.314 e. The Balaban J connectivity index is 1.58. The number of nitrogens with zero attached hydrogens (tertiary/aromatic N) is 1. The average molecular weight is 460 g/mol. The molecule has 1 unspecified atom stereocenters. The average Bonchev–Trinajstić information content (AvgIpc) is 3.38. The molecule has 3 aromatic rings. The minimum Gasteiger partial charge on any atom is -0.489 e. The maximum absolute atomic E-state index is 12.9. The standard InChI is InChI=1S/C27H29N3O4/c1-2-13-33-27(31)25(20-7-9-23(10-8-20)34-24-11-12-29-17-24)15-18-3-4-19-5-6-21(26(28)30-32)16-22(19)14-18/h2-10,14,16,24-25,29,32H,1,11-13,15,17H2,(H2,28,30)/t24-,25?/m0/s1. The number of esters is 1. The van der Waals surface area contributed by atoms with Crippen molar-refractivity contribution in [3.63, 3.8) is 0 Å². The zero-order valence-corrected chi connectivity index (χ0v) is 18.9. The monoisotopic (exact) mass is 459 g/mol. The molecule has 0 bridgehead atoms. The molecule has 0 saturated carbocycles. The van der Waals surface area contributed by atoms with Crippen LogP contribution < -0.4 is 15.8 Å². The summed E-state index contributed by atoms with van der Waals surface area (Å²) in [5.74, 6) is 0.0526. The Morgan fingerprint density at radius 3 is 2.68 bits per heavy atom. The highest BCUT2D eigenvalue weighted by atomic mass is 16.5. The summed E-state index contributed by atoms with van der Waals surface area (Å²) < 4.78 is 11.4. The summed E-state index contributed by atoms with van der Waals surface area (Å²) in [6, 6.07) is 19.3. The Hall–Kier alpha value is -3.84. The molecule has 0 aliphatic carbocycles. The van der Waals surface area contributed by atoms with E-state index in [1.807, 2.05) is 54.6 Å². The van der Waals surface area contributed by atoms with Gasteiger partial charge in [0, 0.05) is 12.1 Å². The quantitative estimate of drug-likeness (QED) is 0.112. The first-order valence-electron chi connectivity index (χ1n) is 11.3. The molecule has 7 nitrogen and oxygen atoms in total. The lowest BCUT2D eigenvalue weighted by atomic mass is 9.91. The van der Waals surface area contributed by atoms with E-state index in [2.05, 4.69) is 17.1 Å². The van der Waals surface area contributed by atoms with Gasteiger partial charge in [-0.2, -0.15) is 0 Å². The molecule has 1 aliphatic rings. The maximum Gasteiger partial charge on any atom is 0.314 e. The van der Waals surface area contributed by atoms with Crippen LogP contribution in [-0.2, 0) is 16.0 Å². The molecule has 1 saturated heterocycles. The van der Waals surface area contributed by atoms with E-state index in [1.54, 1.807) is 12.1 Å². The highest BCUT2D eigenvalue weighted by Gasteiger charge is 2.23. The first-order chi connectivity index (χ1) is 16.6. The van der Waals surface area contributed by atoms with E-state index in [0.717, 1.165) is 47.2 Å². The minimum atomic E-state index is -0.480. The van der Waals surface area contributed by atoms with Crippen molar-refractivity contribution in [3.05, 3.63) is 90.0 Å². The predicted molar refractivity (Wildman–Crippen MR) is 132 cm³/mol. The lowest BCUT2D eigenvalue weighted by Crippen LogP contribution is -2.20. The second-order valence-electron chi connectivity index (χ2n) is 8.36. The summed E-state index contributed by atoms with van der Waals surface area (Å²) in [7, 11) is 0.